The SMILES string of the molecule is O=C(Cc1nc(N2CCOCC2)no1)C(F)F. The fourth-order valence-corrected chi connectivity index (χ4v) is 1.44. The van der Waals surface area contributed by atoms with Crippen LogP contribution in [0.2, 0.25) is 0 Å². The van der Waals surface area contributed by atoms with E-state index in [1.165, 1.54) is 0 Å². The molecular weight excluding hydrogens is 236 g/mol. The summed E-state index contributed by atoms with van der Waals surface area (Å²) in [4.78, 5) is 16.5. The summed E-state index contributed by atoms with van der Waals surface area (Å²) in [7, 11) is 0. The van der Waals surface area contributed by atoms with Gasteiger partial charge in [-0.2, -0.15) is 4.98 Å². The third-order valence-corrected chi connectivity index (χ3v) is 2.32. The number of morpholine rings is 1. The second-order valence-corrected chi connectivity index (χ2v) is 3.53. The first-order chi connectivity index (χ1) is 8.16. The third-order valence-electron chi connectivity index (χ3n) is 2.32. The van der Waals surface area contributed by atoms with Crippen molar-refractivity contribution in [1.82, 2.24) is 10.1 Å². The molecule has 2 heterocycles. The number of ether oxygens (including phenoxy) is 1. The Morgan fingerprint density at radius 2 is 2.12 bits per heavy atom. The number of carbonyl (C=O) groups excluding carboxylic acids is 1. The maximum absolute atomic E-state index is 12.0. The largest absolute Gasteiger partial charge is 0.378 e. The van der Waals surface area contributed by atoms with E-state index in [1.54, 1.807) is 0 Å². The van der Waals surface area contributed by atoms with Crippen LogP contribution < -0.4 is 4.90 Å². The van der Waals surface area contributed by atoms with E-state index in [0.29, 0.717) is 32.3 Å². The van der Waals surface area contributed by atoms with Crippen molar-refractivity contribution in [2.24, 2.45) is 0 Å². The highest BCUT2D eigenvalue weighted by Gasteiger charge is 2.21. The van der Waals surface area contributed by atoms with Crippen LogP contribution in [0.25, 0.3) is 0 Å². The molecule has 1 aromatic rings. The predicted octanol–water partition coefficient (Wildman–Crippen LogP) is 0.283. The van der Waals surface area contributed by atoms with E-state index < -0.39 is 18.6 Å². The molecule has 1 aliphatic rings. The Morgan fingerprint density at radius 1 is 1.41 bits per heavy atom. The molecule has 0 amide bonds. The van der Waals surface area contributed by atoms with Gasteiger partial charge < -0.3 is 14.2 Å². The van der Waals surface area contributed by atoms with Crippen molar-refractivity contribution in [2.75, 3.05) is 31.2 Å². The van der Waals surface area contributed by atoms with Crippen LogP contribution in [-0.4, -0.2) is 48.7 Å². The van der Waals surface area contributed by atoms with Crippen LogP contribution in [0, 0.1) is 0 Å². The molecule has 1 saturated heterocycles. The summed E-state index contributed by atoms with van der Waals surface area (Å²) in [6.07, 6.45) is -3.54. The maximum atomic E-state index is 12.0. The Morgan fingerprint density at radius 3 is 2.76 bits per heavy atom. The first kappa shape index (κ1) is 11.9. The average Bonchev–Trinajstić information content (AvgIpc) is 2.78. The summed E-state index contributed by atoms with van der Waals surface area (Å²) >= 11 is 0. The average molecular weight is 247 g/mol. The lowest BCUT2D eigenvalue weighted by atomic mass is 10.3. The molecule has 0 aromatic carbocycles. The number of alkyl halides is 2. The second kappa shape index (κ2) is 5.17. The topological polar surface area (TPSA) is 68.5 Å². The van der Waals surface area contributed by atoms with Gasteiger partial charge in [0, 0.05) is 13.1 Å². The number of anilines is 1. The van der Waals surface area contributed by atoms with Gasteiger partial charge in [0.15, 0.2) is 0 Å². The van der Waals surface area contributed by atoms with Gasteiger partial charge in [-0.15, -0.1) is 0 Å². The molecular formula is C9H11F2N3O3. The number of nitrogens with zero attached hydrogens (tertiary/aromatic N) is 3. The van der Waals surface area contributed by atoms with Gasteiger partial charge in [-0.05, 0) is 5.16 Å². The maximum Gasteiger partial charge on any atom is 0.296 e. The Labute approximate surface area is 95.5 Å². The van der Waals surface area contributed by atoms with E-state index >= 15 is 0 Å². The fourth-order valence-electron chi connectivity index (χ4n) is 1.44. The Balaban J connectivity index is 1.97. The van der Waals surface area contributed by atoms with E-state index in [9.17, 15) is 13.6 Å². The van der Waals surface area contributed by atoms with Gasteiger partial charge in [0.05, 0.1) is 19.6 Å². The van der Waals surface area contributed by atoms with Gasteiger partial charge in [-0.3, -0.25) is 4.79 Å². The van der Waals surface area contributed by atoms with Crippen LogP contribution in [0.5, 0.6) is 0 Å². The molecule has 0 atom stereocenters. The summed E-state index contributed by atoms with van der Waals surface area (Å²) in [5.74, 6) is -0.996. The van der Waals surface area contributed by atoms with Crippen molar-refractivity contribution in [2.45, 2.75) is 12.8 Å². The highest BCUT2D eigenvalue weighted by Crippen LogP contribution is 2.12. The number of aromatic nitrogens is 2. The van der Waals surface area contributed by atoms with Crippen LogP contribution in [-0.2, 0) is 16.0 Å². The number of halogens is 2. The number of rotatable bonds is 4. The number of ketones is 1. The van der Waals surface area contributed by atoms with Gasteiger partial charge in [0.1, 0.15) is 0 Å². The van der Waals surface area contributed by atoms with Crippen molar-refractivity contribution < 1.29 is 22.8 Å². The van der Waals surface area contributed by atoms with E-state index in [2.05, 4.69) is 10.1 Å². The third kappa shape index (κ3) is 2.96. The molecule has 17 heavy (non-hydrogen) atoms. The first-order valence-corrected chi connectivity index (χ1v) is 5.13. The number of carbonyl (C=O) groups is 1. The molecule has 8 heteroatoms. The van der Waals surface area contributed by atoms with Crippen LogP contribution in [0.4, 0.5) is 14.7 Å². The molecule has 0 bridgehead atoms. The number of hydrogen-bond acceptors (Lipinski definition) is 6. The van der Waals surface area contributed by atoms with Crippen LogP contribution in [0.15, 0.2) is 4.52 Å². The molecule has 0 aliphatic carbocycles. The van der Waals surface area contributed by atoms with Crippen molar-refractivity contribution >= 4 is 11.7 Å². The Kier molecular flexibility index (Phi) is 3.62. The molecule has 1 fully saturated rings. The number of hydrogen-bond donors (Lipinski definition) is 0. The van der Waals surface area contributed by atoms with Crippen molar-refractivity contribution in [3.63, 3.8) is 0 Å². The minimum atomic E-state index is -3.01. The van der Waals surface area contributed by atoms with Crippen molar-refractivity contribution in [3.8, 4) is 0 Å². The fraction of sp³-hybridized carbons (Fsp3) is 0.667. The lowest BCUT2D eigenvalue weighted by Gasteiger charge is -2.24. The summed E-state index contributed by atoms with van der Waals surface area (Å²) in [6, 6.07) is 0. The van der Waals surface area contributed by atoms with E-state index in [-0.39, 0.29) is 5.89 Å². The molecule has 2 rings (SSSR count). The van der Waals surface area contributed by atoms with Crippen molar-refractivity contribution in [3.05, 3.63) is 5.89 Å². The molecule has 6 nitrogen and oxygen atoms in total. The van der Waals surface area contributed by atoms with Crippen LogP contribution in [0.3, 0.4) is 0 Å². The minimum absolute atomic E-state index is 0.0863. The highest BCUT2D eigenvalue weighted by atomic mass is 19.3. The van der Waals surface area contributed by atoms with E-state index in [4.69, 9.17) is 9.26 Å². The molecule has 1 aromatic heterocycles. The summed E-state index contributed by atoms with van der Waals surface area (Å²) < 4.78 is 33.9. The van der Waals surface area contributed by atoms with Crippen LogP contribution in [0.1, 0.15) is 5.89 Å². The normalized spacial score (nSPS) is 16.5. The summed E-state index contributed by atoms with van der Waals surface area (Å²) in [5.41, 5.74) is 0. The highest BCUT2D eigenvalue weighted by molar-refractivity contribution is 5.82. The summed E-state index contributed by atoms with van der Waals surface area (Å²) in [5, 5.41) is 3.64. The molecule has 0 saturated carbocycles. The molecule has 94 valence electrons. The predicted molar refractivity (Wildman–Crippen MR) is 52.0 cm³/mol. The second-order valence-electron chi connectivity index (χ2n) is 3.53. The number of Topliss-reactive ketones (excluding diaryl/α,β-unsaturated/α-hetero) is 1. The zero-order valence-corrected chi connectivity index (χ0v) is 8.94. The minimum Gasteiger partial charge on any atom is -0.378 e. The lowest BCUT2D eigenvalue weighted by molar-refractivity contribution is -0.129. The molecule has 0 radical (unpaired) electrons. The van der Waals surface area contributed by atoms with Gasteiger partial charge >= 0.3 is 0 Å². The first-order valence-electron chi connectivity index (χ1n) is 5.13. The van der Waals surface area contributed by atoms with Gasteiger partial charge in [0.25, 0.3) is 12.4 Å². The molecule has 0 N–H and O–H groups in total. The smallest absolute Gasteiger partial charge is 0.296 e. The molecule has 0 unspecified atom stereocenters. The zero-order chi connectivity index (χ0) is 12.3. The monoisotopic (exact) mass is 247 g/mol. The van der Waals surface area contributed by atoms with Crippen molar-refractivity contribution in [1.29, 1.82) is 0 Å². The van der Waals surface area contributed by atoms with Crippen LogP contribution >= 0.6 is 0 Å². The summed E-state index contributed by atoms with van der Waals surface area (Å²) in [6.45, 7) is 2.34. The lowest BCUT2D eigenvalue weighted by Crippen LogP contribution is -2.36. The van der Waals surface area contributed by atoms with Gasteiger partial charge in [0.2, 0.25) is 11.7 Å². The molecule has 0 spiro atoms. The van der Waals surface area contributed by atoms with E-state index in [0.717, 1.165) is 0 Å². The van der Waals surface area contributed by atoms with Gasteiger partial charge in [-0.25, -0.2) is 8.78 Å². The van der Waals surface area contributed by atoms with Gasteiger partial charge in [-0.1, -0.05) is 0 Å². The zero-order valence-electron chi connectivity index (χ0n) is 8.94. The molecule has 1 aliphatic heterocycles. The quantitative estimate of drug-likeness (QED) is 0.761. The van der Waals surface area contributed by atoms with E-state index in [1.807, 2.05) is 4.90 Å². The standard InChI is InChI=1S/C9H11F2N3O3/c10-8(11)6(15)5-7-12-9(13-17-7)14-1-3-16-4-2-14/h8H,1-5H2. The Hall–Kier alpha value is -1.57. The Bertz CT molecular complexity index is 391.